The Morgan fingerprint density at radius 2 is 1.82 bits per heavy atom. The highest BCUT2D eigenvalue weighted by Gasteiger charge is 2.21. The molecule has 0 spiro atoms. The van der Waals surface area contributed by atoms with E-state index in [1.807, 2.05) is 30.3 Å². The summed E-state index contributed by atoms with van der Waals surface area (Å²) in [4.78, 5) is 24.8. The van der Waals surface area contributed by atoms with E-state index in [1.54, 1.807) is 0 Å². The van der Waals surface area contributed by atoms with E-state index in [0.717, 1.165) is 11.6 Å². The van der Waals surface area contributed by atoms with E-state index in [4.69, 9.17) is 4.74 Å². The highest BCUT2D eigenvalue weighted by Crippen LogP contribution is 2.18. The minimum absolute atomic E-state index is 0.170. The Kier molecular flexibility index (Phi) is 4.11. The van der Waals surface area contributed by atoms with Crippen LogP contribution in [0, 0.1) is 0 Å². The lowest BCUT2D eigenvalue weighted by atomic mass is 10.1. The zero-order valence-corrected chi connectivity index (χ0v) is 12.1. The number of benzene rings is 1. The van der Waals surface area contributed by atoms with Crippen LogP contribution in [-0.2, 0) is 11.3 Å². The summed E-state index contributed by atoms with van der Waals surface area (Å²) >= 11 is 0. The van der Waals surface area contributed by atoms with Gasteiger partial charge in [0, 0.05) is 19.3 Å². The van der Waals surface area contributed by atoms with Crippen LogP contribution in [0.15, 0.2) is 46.0 Å². The molecule has 1 aromatic heterocycles. The van der Waals surface area contributed by atoms with Crippen molar-refractivity contribution in [1.29, 1.82) is 0 Å². The number of rotatable bonds is 3. The predicted molar refractivity (Wildman–Crippen MR) is 81.3 cm³/mol. The van der Waals surface area contributed by atoms with Crippen molar-refractivity contribution >= 4 is 0 Å². The van der Waals surface area contributed by atoms with Gasteiger partial charge < -0.3 is 9.84 Å². The lowest BCUT2D eigenvalue weighted by molar-refractivity contribution is 0.0668. The van der Waals surface area contributed by atoms with Crippen LogP contribution in [0.1, 0.15) is 24.4 Å². The fraction of sp³-hybridized carbons (Fsp3) is 0.375. The first kappa shape index (κ1) is 14.6. The third-order valence-corrected chi connectivity index (χ3v) is 3.94. The number of hydrogen-bond donors (Lipinski definition) is 1. The Labute approximate surface area is 127 Å². The number of nitrogens with zero attached hydrogens (tertiary/aromatic N) is 2. The van der Waals surface area contributed by atoms with Crippen LogP contribution in [0.25, 0.3) is 0 Å². The topological polar surface area (TPSA) is 73.5 Å². The Morgan fingerprint density at radius 3 is 2.50 bits per heavy atom. The average Bonchev–Trinajstić information content (AvgIpc) is 2.53. The second kappa shape index (κ2) is 6.19. The molecule has 1 N–H and O–H groups in total. The summed E-state index contributed by atoms with van der Waals surface area (Å²) < 4.78 is 7.75. The normalized spacial score (nSPS) is 15.8. The van der Waals surface area contributed by atoms with Gasteiger partial charge in [-0.3, -0.25) is 13.9 Å². The van der Waals surface area contributed by atoms with E-state index >= 15 is 0 Å². The Morgan fingerprint density at radius 1 is 1.14 bits per heavy atom. The van der Waals surface area contributed by atoms with Crippen molar-refractivity contribution in [2.24, 2.45) is 0 Å². The molecule has 1 aliphatic rings. The molecule has 1 aliphatic heterocycles. The van der Waals surface area contributed by atoms with Crippen LogP contribution in [0.3, 0.4) is 0 Å². The summed E-state index contributed by atoms with van der Waals surface area (Å²) in [5.74, 6) is -0.304. The van der Waals surface area contributed by atoms with Gasteiger partial charge in [0.05, 0.1) is 12.6 Å². The predicted octanol–water partition coefficient (Wildman–Crippen LogP) is 1.12. The molecule has 0 aliphatic carbocycles. The third kappa shape index (κ3) is 2.82. The standard InChI is InChI=1S/C16H18N2O4/c19-14-10-15(20)18(13-6-8-22-9-7-13)16(21)17(14)11-12-4-2-1-3-5-12/h1-5,10,13,19H,6-9,11H2. The maximum absolute atomic E-state index is 12.6. The minimum atomic E-state index is -0.472. The SMILES string of the molecule is O=c1cc(O)n(Cc2ccccc2)c(=O)n1C1CCOCC1. The van der Waals surface area contributed by atoms with Crippen LogP contribution in [0.5, 0.6) is 5.88 Å². The van der Waals surface area contributed by atoms with Gasteiger partial charge in [-0.05, 0) is 18.4 Å². The first-order valence-electron chi connectivity index (χ1n) is 7.34. The summed E-state index contributed by atoms with van der Waals surface area (Å²) in [7, 11) is 0. The molecule has 0 unspecified atom stereocenters. The zero-order valence-electron chi connectivity index (χ0n) is 12.1. The molecular weight excluding hydrogens is 284 g/mol. The average molecular weight is 302 g/mol. The molecule has 1 saturated heterocycles. The van der Waals surface area contributed by atoms with Gasteiger partial charge >= 0.3 is 5.69 Å². The van der Waals surface area contributed by atoms with E-state index in [-0.39, 0.29) is 18.5 Å². The van der Waals surface area contributed by atoms with Crippen molar-refractivity contribution < 1.29 is 9.84 Å². The Hall–Kier alpha value is -2.34. The van der Waals surface area contributed by atoms with Gasteiger partial charge in [-0.25, -0.2) is 4.79 Å². The molecular formula is C16H18N2O4. The lowest BCUT2D eigenvalue weighted by Crippen LogP contribution is -2.43. The highest BCUT2D eigenvalue weighted by atomic mass is 16.5. The minimum Gasteiger partial charge on any atom is -0.494 e. The van der Waals surface area contributed by atoms with Gasteiger partial charge in [0.15, 0.2) is 0 Å². The number of ether oxygens (including phenoxy) is 1. The van der Waals surface area contributed by atoms with E-state index in [0.29, 0.717) is 26.1 Å². The number of aromatic nitrogens is 2. The van der Waals surface area contributed by atoms with Crippen molar-refractivity contribution in [3.63, 3.8) is 0 Å². The maximum atomic E-state index is 12.6. The number of aromatic hydroxyl groups is 1. The van der Waals surface area contributed by atoms with Gasteiger partial charge in [-0.2, -0.15) is 0 Å². The molecule has 6 heteroatoms. The fourth-order valence-electron chi connectivity index (χ4n) is 2.77. The van der Waals surface area contributed by atoms with Crippen molar-refractivity contribution in [1.82, 2.24) is 9.13 Å². The van der Waals surface area contributed by atoms with Crippen LogP contribution >= 0.6 is 0 Å². The van der Waals surface area contributed by atoms with Gasteiger partial charge in [-0.1, -0.05) is 30.3 Å². The van der Waals surface area contributed by atoms with E-state index in [2.05, 4.69) is 0 Å². The molecule has 0 saturated carbocycles. The van der Waals surface area contributed by atoms with Crippen molar-refractivity contribution in [2.75, 3.05) is 13.2 Å². The lowest BCUT2D eigenvalue weighted by Gasteiger charge is -2.24. The van der Waals surface area contributed by atoms with Crippen LogP contribution in [0.2, 0.25) is 0 Å². The molecule has 0 atom stereocenters. The van der Waals surface area contributed by atoms with E-state index in [9.17, 15) is 14.7 Å². The molecule has 2 aromatic rings. The molecule has 6 nitrogen and oxygen atoms in total. The van der Waals surface area contributed by atoms with Gasteiger partial charge in [0.2, 0.25) is 5.88 Å². The fourth-order valence-corrected chi connectivity index (χ4v) is 2.77. The molecule has 116 valence electrons. The van der Waals surface area contributed by atoms with Crippen LogP contribution in [-0.4, -0.2) is 27.5 Å². The van der Waals surface area contributed by atoms with Crippen LogP contribution in [0.4, 0.5) is 0 Å². The first-order chi connectivity index (χ1) is 10.7. The van der Waals surface area contributed by atoms with E-state index < -0.39 is 11.2 Å². The Bertz CT molecular complexity index is 758. The molecule has 1 aromatic carbocycles. The summed E-state index contributed by atoms with van der Waals surface area (Å²) in [6.07, 6.45) is 1.26. The molecule has 1 fully saturated rings. The molecule has 0 radical (unpaired) electrons. The zero-order chi connectivity index (χ0) is 15.5. The first-order valence-corrected chi connectivity index (χ1v) is 7.34. The summed E-state index contributed by atoms with van der Waals surface area (Å²) in [5, 5.41) is 9.98. The molecule has 3 rings (SSSR count). The molecule has 22 heavy (non-hydrogen) atoms. The van der Waals surface area contributed by atoms with Gasteiger partial charge in [-0.15, -0.1) is 0 Å². The Balaban J connectivity index is 2.03. The third-order valence-electron chi connectivity index (χ3n) is 3.94. The van der Waals surface area contributed by atoms with Gasteiger partial charge in [0.1, 0.15) is 0 Å². The van der Waals surface area contributed by atoms with Crippen LogP contribution < -0.4 is 11.2 Å². The maximum Gasteiger partial charge on any atom is 0.334 e. The molecule has 0 bridgehead atoms. The summed E-state index contributed by atoms with van der Waals surface area (Å²) in [6.45, 7) is 1.31. The number of hydrogen-bond acceptors (Lipinski definition) is 4. The van der Waals surface area contributed by atoms with Crippen molar-refractivity contribution in [3.05, 3.63) is 62.8 Å². The van der Waals surface area contributed by atoms with Crippen molar-refractivity contribution in [3.8, 4) is 5.88 Å². The monoisotopic (exact) mass is 302 g/mol. The molecule has 2 heterocycles. The quantitative estimate of drug-likeness (QED) is 0.922. The largest absolute Gasteiger partial charge is 0.494 e. The summed E-state index contributed by atoms with van der Waals surface area (Å²) in [5.41, 5.74) is -0.0449. The molecule has 0 amide bonds. The van der Waals surface area contributed by atoms with Gasteiger partial charge in [0.25, 0.3) is 5.56 Å². The smallest absolute Gasteiger partial charge is 0.334 e. The second-order valence-corrected chi connectivity index (χ2v) is 5.41. The summed E-state index contributed by atoms with van der Waals surface area (Å²) in [6, 6.07) is 10.3. The second-order valence-electron chi connectivity index (χ2n) is 5.41. The van der Waals surface area contributed by atoms with Crippen molar-refractivity contribution in [2.45, 2.75) is 25.4 Å². The highest BCUT2D eigenvalue weighted by molar-refractivity contribution is 5.17. The van der Waals surface area contributed by atoms with E-state index in [1.165, 1.54) is 9.13 Å².